The molecular weight excluding hydrogens is 374 g/mol. The Morgan fingerprint density at radius 2 is 1.75 bits per heavy atom. The Labute approximate surface area is 170 Å². The molecule has 0 saturated heterocycles. The average Bonchev–Trinajstić information content (AvgIpc) is 2.64. The van der Waals surface area contributed by atoms with Gasteiger partial charge in [0, 0.05) is 16.5 Å². The van der Waals surface area contributed by atoms with Gasteiger partial charge < -0.3 is 15.1 Å². The zero-order valence-electron chi connectivity index (χ0n) is 16.6. The number of hydrogen-bond donors (Lipinski definition) is 2. The second-order valence-electron chi connectivity index (χ2n) is 7.54. The topological polar surface area (TPSA) is 69.5 Å². The third kappa shape index (κ3) is 3.91. The molecule has 0 bridgehead atoms. The Balaban J connectivity index is 2.32. The molecule has 0 fully saturated rings. The number of nitrogens with zero attached hydrogens (tertiary/aromatic N) is 3. The molecule has 3 rings (SSSR count). The first kappa shape index (κ1) is 20.4. The summed E-state index contributed by atoms with van der Waals surface area (Å²) in [6.07, 6.45) is 0. The van der Waals surface area contributed by atoms with Gasteiger partial charge >= 0.3 is 0 Å². The highest BCUT2D eigenvalue weighted by Crippen LogP contribution is 2.34. The lowest BCUT2D eigenvalue weighted by Gasteiger charge is -2.38. The molecule has 0 amide bonds. The molecule has 148 valence electrons. The van der Waals surface area contributed by atoms with Crippen LogP contribution < -0.4 is 4.90 Å². The second-order valence-corrected chi connectivity index (χ2v) is 7.98. The van der Waals surface area contributed by atoms with E-state index in [1.807, 2.05) is 18.2 Å². The van der Waals surface area contributed by atoms with Crippen molar-refractivity contribution in [1.29, 1.82) is 0 Å². The van der Waals surface area contributed by atoms with Gasteiger partial charge in [-0.05, 0) is 50.1 Å². The highest BCUT2D eigenvalue weighted by Gasteiger charge is 2.27. The van der Waals surface area contributed by atoms with Crippen LogP contribution in [0, 0.1) is 5.92 Å². The van der Waals surface area contributed by atoms with Crippen molar-refractivity contribution in [2.75, 3.05) is 11.5 Å². The highest BCUT2D eigenvalue weighted by molar-refractivity contribution is 6.31. The second kappa shape index (κ2) is 8.33. The molecule has 3 aromatic rings. The number of aromatic hydroxyl groups is 1. The van der Waals surface area contributed by atoms with E-state index in [0.717, 1.165) is 11.2 Å². The zero-order chi connectivity index (χ0) is 20.4. The summed E-state index contributed by atoms with van der Waals surface area (Å²) < 4.78 is 0. The molecule has 2 N–H and O–H groups in total. The van der Waals surface area contributed by atoms with Crippen LogP contribution in [0.1, 0.15) is 27.7 Å². The van der Waals surface area contributed by atoms with Crippen molar-refractivity contribution in [1.82, 2.24) is 9.97 Å². The lowest BCUT2D eigenvalue weighted by molar-refractivity contribution is 0.225. The molecule has 0 aliphatic carbocycles. The van der Waals surface area contributed by atoms with Crippen molar-refractivity contribution in [2.45, 2.75) is 39.8 Å². The fraction of sp³-hybridized carbons (Fsp3) is 0.364. The first-order valence-electron chi connectivity index (χ1n) is 9.48. The van der Waals surface area contributed by atoms with Crippen LogP contribution in [0.3, 0.4) is 0 Å². The number of phenolic OH excluding ortho intramolecular Hbond substituents is 1. The summed E-state index contributed by atoms with van der Waals surface area (Å²) >= 11 is 6.22. The standard InChI is InChI=1S/C22H26ClN3O2/c1-13(2)19(12-27)26(14(3)4)22-16-10-9-15(23)11-18(16)24-21(25-22)17-7-5-6-8-20(17)28/h5-11,13-14,19,27-28H,12H2,1-4H3/t19-/m1/s1. The van der Waals surface area contributed by atoms with Crippen LogP contribution in [0.25, 0.3) is 22.3 Å². The van der Waals surface area contributed by atoms with E-state index in [4.69, 9.17) is 16.6 Å². The van der Waals surface area contributed by atoms with Crippen molar-refractivity contribution in [3.8, 4) is 17.1 Å². The zero-order valence-corrected chi connectivity index (χ0v) is 17.4. The molecule has 1 aromatic heterocycles. The molecule has 0 radical (unpaired) electrons. The maximum atomic E-state index is 10.3. The Morgan fingerprint density at radius 1 is 1.04 bits per heavy atom. The van der Waals surface area contributed by atoms with Crippen LogP contribution in [0.15, 0.2) is 42.5 Å². The third-order valence-electron chi connectivity index (χ3n) is 4.90. The van der Waals surface area contributed by atoms with Gasteiger partial charge in [-0.25, -0.2) is 9.97 Å². The molecule has 0 saturated carbocycles. The maximum Gasteiger partial charge on any atom is 0.165 e. The fourth-order valence-corrected chi connectivity index (χ4v) is 3.64. The normalized spacial score (nSPS) is 12.7. The first-order chi connectivity index (χ1) is 13.3. The van der Waals surface area contributed by atoms with E-state index >= 15 is 0 Å². The number of fused-ring (bicyclic) bond motifs is 1. The van der Waals surface area contributed by atoms with Gasteiger partial charge in [-0.2, -0.15) is 0 Å². The van der Waals surface area contributed by atoms with Crippen LogP contribution in [0.5, 0.6) is 5.75 Å². The van der Waals surface area contributed by atoms with Gasteiger partial charge in [0.2, 0.25) is 0 Å². The number of anilines is 1. The SMILES string of the molecule is CC(C)[C@@H](CO)N(c1nc(-c2ccccc2O)nc2cc(Cl)ccc12)C(C)C. The minimum Gasteiger partial charge on any atom is -0.507 e. The lowest BCUT2D eigenvalue weighted by atomic mass is 10.0. The van der Waals surface area contributed by atoms with Gasteiger partial charge in [0.05, 0.1) is 23.7 Å². The molecule has 1 atom stereocenters. The van der Waals surface area contributed by atoms with E-state index in [1.165, 1.54) is 0 Å². The molecule has 0 unspecified atom stereocenters. The number of rotatable bonds is 6. The number of benzene rings is 2. The number of para-hydroxylation sites is 1. The summed E-state index contributed by atoms with van der Waals surface area (Å²) in [5.41, 5.74) is 1.25. The number of aliphatic hydroxyl groups is 1. The quantitative estimate of drug-likeness (QED) is 0.617. The van der Waals surface area contributed by atoms with Gasteiger partial charge in [-0.3, -0.25) is 0 Å². The molecule has 0 spiro atoms. The summed E-state index contributed by atoms with van der Waals surface area (Å²) in [5, 5.41) is 21.8. The predicted molar refractivity (Wildman–Crippen MR) is 115 cm³/mol. The number of phenols is 1. The van der Waals surface area contributed by atoms with Gasteiger partial charge in [0.1, 0.15) is 11.6 Å². The average molecular weight is 400 g/mol. The minimum atomic E-state index is -0.106. The Hall–Kier alpha value is -2.37. The molecule has 1 heterocycles. The largest absolute Gasteiger partial charge is 0.507 e. The third-order valence-corrected chi connectivity index (χ3v) is 5.13. The van der Waals surface area contributed by atoms with Gasteiger partial charge in [-0.15, -0.1) is 0 Å². The number of halogens is 1. The first-order valence-corrected chi connectivity index (χ1v) is 9.86. The van der Waals surface area contributed by atoms with Crippen LogP contribution in [-0.2, 0) is 0 Å². The van der Waals surface area contributed by atoms with Crippen LogP contribution in [0.4, 0.5) is 5.82 Å². The number of aliphatic hydroxyl groups excluding tert-OH is 1. The van der Waals surface area contributed by atoms with Gasteiger partial charge in [0.25, 0.3) is 0 Å². The van der Waals surface area contributed by atoms with E-state index in [-0.39, 0.29) is 30.4 Å². The van der Waals surface area contributed by atoms with E-state index in [0.29, 0.717) is 21.9 Å². The van der Waals surface area contributed by atoms with Crippen molar-refractivity contribution >= 4 is 28.3 Å². The molecule has 0 aliphatic rings. The number of aromatic nitrogens is 2. The van der Waals surface area contributed by atoms with Crippen molar-refractivity contribution < 1.29 is 10.2 Å². The van der Waals surface area contributed by atoms with E-state index in [9.17, 15) is 10.2 Å². The Morgan fingerprint density at radius 3 is 2.36 bits per heavy atom. The van der Waals surface area contributed by atoms with Crippen LogP contribution in [0.2, 0.25) is 5.02 Å². The van der Waals surface area contributed by atoms with E-state index < -0.39 is 0 Å². The summed E-state index contributed by atoms with van der Waals surface area (Å²) in [6, 6.07) is 12.5. The summed E-state index contributed by atoms with van der Waals surface area (Å²) in [7, 11) is 0. The van der Waals surface area contributed by atoms with E-state index in [1.54, 1.807) is 24.3 Å². The molecule has 2 aromatic carbocycles. The minimum absolute atomic E-state index is 0.0147. The Kier molecular flexibility index (Phi) is 6.06. The molecule has 6 heteroatoms. The number of hydrogen-bond acceptors (Lipinski definition) is 5. The van der Waals surface area contributed by atoms with Crippen LogP contribution >= 0.6 is 11.6 Å². The lowest BCUT2D eigenvalue weighted by Crippen LogP contribution is -2.46. The summed E-state index contributed by atoms with van der Waals surface area (Å²) in [4.78, 5) is 11.6. The smallest absolute Gasteiger partial charge is 0.165 e. The summed E-state index contributed by atoms with van der Waals surface area (Å²) in [6.45, 7) is 8.34. The molecule has 0 aliphatic heterocycles. The molecular formula is C22H26ClN3O2. The maximum absolute atomic E-state index is 10.3. The summed E-state index contributed by atoms with van der Waals surface area (Å²) in [5.74, 6) is 1.49. The van der Waals surface area contributed by atoms with E-state index in [2.05, 4.69) is 37.6 Å². The molecule has 5 nitrogen and oxygen atoms in total. The molecule has 28 heavy (non-hydrogen) atoms. The van der Waals surface area contributed by atoms with Gasteiger partial charge in [0.15, 0.2) is 5.82 Å². The van der Waals surface area contributed by atoms with Gasteiger partial charge in [-0.1, -0.05) is 37.6 Å². The fourth-order valence-electron chi connectivity index (χ4n) is 3.47. The van der Waals surface area contributed by atoms with Crippen molar-refractivity contribution in [2.24, 2.45) is 5.92 Å². The highest BCUT2D eigenvalue weighted by atomic mass is 35.5. The van der Waals surface area contributed by atoms with Crippen LogP contribution in [-0.4, -0.2) is 38.9 Å². The van der Waals surface area contributed by atoms with Crippen molar-refractivity contribution in [3.05, 3.63) is 47.5 Å². The monoisotopic (exact) mass is 399 g/mol. The predicted octanol–water partition coefficient (Wildman–Crippen LogP) is 4.89. The van der Waals surface area contributed by atoms with Crippen molar-refractivity contribution in [3.63, 3.8) is 0 Å². The Bertz CT molecular complexity index is 975.